The van der Waals surface area contributed by atoms with Crippen molar-refractivity contribution in [3.63, 3.8) is 0 Å². The monoisotopic (exact) mass is 373 g/mol. The van der Waals surface area contributed by atoms with Gasteiger partial charge < -0.3 is 5.11 Å². The van der Waals surface area contributed by atoms with Crippen LogP contribution in [0.1, 0.15) is 5.56 Å². The number of benzene rings is 2. The third-order valence-corrected chi connectivity index (χ3v) is 4.64. The molecule has 3 rings (SSSR count). The van der Waals surface area contributed by atoms with Crippen LogP contribution in [0.25, 0.3) is 21.8 Å². The van der Waals surface area contributed by atoms with Crippen molar-refractivity contribution < 1.29 is 9.90 Å². The molecule has 3 aromatic rings. The van der Waals surface area contributed by atoms with Crippen molar-refractivity contribution >= 4 is 33.2 Å². The standard InChI is InChI=1S/C17H12BrNO2S/c18-13-7-5-11(6-8-13)15-10-22-17(19-15)14-4-2-1-3-12(14)9-16(20)21/h1-8,10H,9H2,(H,20,21). The number of halogens is 1. The summed E-state index contributed by atoms with van der Waals surface area (Å²) in [6.07, 6.45) is 0.00334. The highest BCUT2D eigenvalue weighted by Crippen LogP contribution is 2.31. The maximum atomic E-state index is 11.0. The van der Waals surface area contributed by atoms with Crippen molar-refractivity contribution in [3.05, 3.63) is 63.9 Å². The zero-order valence-corrected chi connectivity index (χ0v) is 13.9. The highest BCUT2D eigenvalue weighted by Gasteiger charge is 2.12. The van der Waals surface area contributed by atoms with Gasteiger partial charge in [-0.2, -0.15) is 0 Å². The number of carboxylic acids is 1. The third kappa shape index (κ3) is 3.26. The molecule has 0 fully saturated rings. The number of nitrogens with zero attached hydrogens (tertiary/aromatic N) is 1. The van der Waals surface area contributed by atoms with Crippen molar-refractivity contribution in [2.75, 3.05) is 0 Å². The Morgan fingerprint density at radius 3 is 2.59 bits per heavy atom. The van der Waals surface area contributed by atoms with Gasteiger partial charge in [-0.1, -0.05) is 52.3 Å². The molecule has 0 saturated heterocycles. The summed E-state index contributed by atoms with van der Waals surface area (Å²) >= 11 is 4.95. The average molecular weight is 374 g/mol. The number of hydrogen-bond acceptors (Lipinski definition) is 3. The van der Waals surface area contributed by atoms with Crippen LogP contribution in [0, 0.1) is 0 Å². The second-order valence-corrected chi connectivity index (χ2v) is 6.55. The third-order valence-electron chi connectivity index (χ3n) is 3.23. The maximum absolute atomic E-state index is 11.0. The fourth-order valence-electron chi connectivity index (χ4n) is 2.20. The molecule has 2 aromatic carbocycles. The highest BCUT2D eigenvalue weighted by atomic mass is 79.9. The van der Waals surface area contributed by atoms with E-state index in [-0.39, 0.29) is 6.42 Å². The largest absolute Gasteiger partial charge is 0.481 e. The number of carbonyl (C=O) groups is 1. The number of aliphatic carboxylic acids is 1. The van der Waals surface area contributed by atoms with Crippen LogP contribution >= 0.6 is 27.3 Å². The van der Waals surface area contributed by atoms with E-state index >= 15 is 0 Å². The quantitative estimate of drug-likeness (QED) is 0.709. The normalized spacial score (nSPS) is 10.6. The smallest absolute Gasteiger partial charge is 0.307 e. The molecule has 0 unspecified atom stereocenters. The molecule has 5 heteroatoms. The highest BCUT2D eigenvalue weighted by molar-refractivity contribution is 9.10. The van der Waals surface area contributed by atoms with Gasteiger partial charge in [0.15, 0.2) is 0 Å². The summed E-state index contributed by atoms with van der Waals surface area (Å²) in [5, 5.41) is 11.9. The second-order valence-electron chi connectivity index (χ2n) is 4.77. The van der Waals surface area contributed by atoms with E-state index < -0.39 is 5.97 Å². The van der Waals surface area contributed by atoms with Crippen molar-refractivity contribution in [1.82, 2.24) is 4.98 Å². The Bertz CT molecular complexity index is 812. The summed E-state index contributed by atoms with van der Waals surface area (Å²) in [6, 6.07) is 15.5. The van der Waals surface area contributed by atoms with Crippen molar-refractivity contribution in [1.29, 1.82) is 0 Å². The first-order valence-electron chi connectivity index (χ1n) is 6.65. The van der Waals surface area contributed by atoms with E-state index in [2.05, 4.69) is 20.9 Å². The predicted octanol–water partition coefficient (Wildman–Crippen LogP) is 4.87. The van der Waals surface area contributed by atoms with Gasteiger partial charge in [-0.3, -0.25) is 4.79 Å². The Kier molecular flexibility index (Phi) is 4.36. The number of thiazole rings is 1. The van der Waals surface area contributed by atoms with Crippen molar-refractivity contribution in [2.45, 2.75) is 6.42 Å². The molecule has 0 aliphatic rings. The van der Waals surface area contributed by atoms with Crippen LogP contribution in [0.15, 0.2) is 58.4 Å². The molecule has 0 aliphatic carbocycles. The SMILES string of the molecule is O=C(O)Cc1ccccc1-c1nc(-c2ccc(Br)cc2)cs1. The van der Waals surface area contributed by atoms with Crippen molar-refractivity contribution in [3.8, 4) is 21.8 Å². The van der Waals surface area contributed by atoms with Gasteiger partial charge in [0.05, 0.1) is 12.1 Å². The van der Waals surface area contributed by atoms with E-state index in [4.69, 9.17) is 5.11 Å². The topological polar surface area (TPSA) is 50.2 Å². The molecule has 0 atom stereocenters. The first-order valence-corrected chi connectivity index (χ1v) is 8.32. The molecule has 0 amide bonds. The molecule has 0 spiro atoms. The minimum Gasteiger partial charge on any atom is -0.481 e. The minimum atomic E-state index is -0.836. The van der Waals surface area contributed by atoms with Crippen LogP contribution in [-0.2, 0) is 11.2 Å². The maximum Gasteiger partial charge on any atom is 0.307 e. The molecule has 0 radical (unpaired) electrons. The summed E-state index contributed by atoms with van der Waals surface area (Å²) in [5.41, 5.74) is 3.61. The van der Waals surface area contributed by atoms with Gasteiger partial charge in [0.25, 0.3) is 0 Å². The van der Waals surface area contributed by atoms with Gasteiger partial charge in [-0.15, -0.1) is 11.3 Å². The zero-order valence-electron chi connectivity index (χ0n) is 11.5. The predicted molar refractivity (Wildman–Crippen MR) is 92.0 cm³/mol. The van der Waals surface area contributed by atoms with E-state index in [1.165, 1.54) is 11.3 Å². The number of rotatable bonds is 4. The molecule has 22 heavy (non-hydrogen) atoms. The van der Waals surface area contributed by atoms with Gasteiger partial charge >= 0.3 is 5.97 Å². The van der Waals surface area contributed by atoms with E-state index in [1.807, 2.05) is 53.9 Å². The zero-order chi connectivity index (χ0) is 15.5. The lowest BCUT2D eigenvalue weighted by molar-refractivity contribution is -0.136. The Hall–Kier alpha value is -1.98. The van der Waals surface area contributed by atoms with Gasteiger partial charge in [-0.05, 0) is 17.7 Å². The average Bonchev–Trinajstić information content (AvgIpc) is 2.97. The molecule has 1 aromatic heterocycles. The van der Waals surface area contributed by atoms with Gasteiger partial charge in [0.2, 0.25) is 0 Å². The fraction of sp³-hybridized carbons (Fsp3) is 0.0588. The Morgan fingerprint density at radius 2 is 1.86 bits per heavy atom. The van der Waals surface area contributed by atoms with E-state index in [0.29, 0.717) is 0 Å². The summed E-state index contributed by atoms with van der Waals surface area (Å²) in [5.74, 6) is -0.836. The Morgan fingerprint density at radius 1 is 1.14 bits per heavy atom. The fourth-order valence-corrected chi connectivity index (χ4v) is 3.35. The van der Waals surface area contributed by atoms with Crippen LogP contribution in [0.3, 0.4) is 0 Å². The second kappa shape index (κ2) is 6.42. The molecular weight excluding hydrogens is 362 g/mol. The lowest BCUT2D eigenvalue weighted by atomic mass is 10.1. The molecule has 0 saturated carbocycles. The lowest BCUT2D eigenvalue weighted by Crippen LogP contribution is -2.01. The number of carboxylic acid groups (broad SMARTS) is 1. The molecule has 110 valence electrons. The van der Waals surface area contributed by atoms with Crippen molar-refractivity contribution in [2.24, 2.45) is 0 Å². The Balaban J connectivity index is 1.97. The van der Waals surface area contributed by atoms with Crippen LogP contribution in [0.5, 0.6) is 0 Å². The van der Waals surface area contributed by atoms with E-state index in [9.17, 15) is 4.79 Å². The lowest BCUT2D eigenvalue weighted by Gasteiger charge is -2.04. The first-order chi connectivity index (χ1) is 10.6. The first kappa shape index (κ1) is 14.9. The molecular formula is C17H12BrNO2S. The van der Waals surface area contributed by atoms with Crippen LogP contribution < -0.4 is 0 Å². The summed E-state index contributed by atoms with van der Waals surface area (Å²) in [4.78, 5) is 15.6. The van der Waals surface area contributed by atoms with Crippen LogP contribution in [0.4, 0.5) is 0 Å². The minimum absolute atomic E-state index is 0.00334. The summed E-state index contributed by atoms with van der Waals surface area (Å²) in [6.45, 7) is 0. The van der Waals surface area contributed by atoms with Gasteiger partial charge in [0, 0.05) is 21.0 Å². The van der Waals surface area contributed by atoms with Crippen LogP contribution in [-0.4, -0.2) is 16.1 Å². The summed E-state index contributed by atoms with van der Waals surface area (Å²) < 4.78 is 1.03. The van der Waals surface area contributed by atoms with E-state index in [0.717, 1.165) is 31.9 Å². The molecule has 0 aliphatic heterocycles. The molecule has 1 N–H and O–H groups in total. The van der Waals surface area contributed by atoms with Crippen LogP contribution in [0.2, 0.25) is 0 Å². The molecule has 1 heterocycles. The Labute approximate surface area is 140 Å². The van der Waals surface area contributed by atoms with E-state index in [1.54, 1.807) is 0 Å². The number of hydrogen-bond donors (Lipinski definition) is 1. The van der Waals surface area contributed by atoms with Gasteiger partial charge in [0.1, 0.15) is 5.01 Å². The molecule has 0 bridgehead atoms. The summed E-state index contributed by atoms with van der Waals surface area (Å²) in [7, 11) is 0. The number of aromatic nitrogens is 1. The molecule has 3 nitrogen and oxygen atoms in total. The van der Waals surface area contributed by atoms with Gasteiger partial charge in [-0.25, -0.2) is 4.98 Å².